The van der Waals surface area contributed by atoms with Gasteiger partial charge in [-0.2, -0.15) is 16.8 Å². The summed E-state index contributed by atoms with van der Waals surface area (Å²) in [7, 11) is -6.50. The van der Waals surface area contributed by atoms with Crippen molar-refractivity contribution in [1.29, 1.82) is 0 Å². The van der Waals surface area contributed by atoms with Crippen molar-refractivity contribution >= 4 is 20.2 Å². The predicted octanol–water partition coefficient (Wildman–Crippen LogP) is 1.49. The van der Waals surface area contributed by atoms with Gasteiger partial charge in [-0.3, -0.25) is 0 Å². The molecular formula is C15H22N2O5S2. The van der Waals surface area contributed by atoms with E-state index in [1.54, 1.807) is 19.1 Å². The van der Waals surface area contributed by atoms with Gasteiger partial charge in [0.25, 0.3) is 10.1 Å². The van der Waals surface area contributed by atoms with Gasteiger partial charge in [-0.05, 0) is 31.9 Å². The summed E-state index contributed by atoms with van der Waals surface area (Å²) in [4.78, 5) is 3.90. The molecule has 0 spiro atoms. The minimum absolute atomic E-state index is 0.165. The summed E-state index contributed by atoms with van der Waals surface area (Å²) in [5, 5.41) is 0. The Hall–Kier alpha value is -1.58. The second-order valence-electron chi connectivity index (χ2n) is 5.81. The standard InChI is InChI=1S/C15H22N2O5S2/c1-14-5-7-15(8-6-14)24(20,21)22-23(18,19)12-4-3-9-17-11-10-16(2)13-17/h5-8,10-11H,3-4,9,12-13H2,1-2H3. The predicted molar refractivity (Wildman–Crippen MR) is 90.9 cm³/mol. The Bertz CT molecular complexity index is 786. The topological polar surface area (TPSA) is 84.0 Å². The molecule has 24 heavy (non-hydrogen) atoms. The van der Waals surface area contributed by atoms with Crippen LogP contribution in [-0.2, 0) is 23.9 Å². The van der Waals surface area contributed by atoms with Crippen LogP contribution in [0, 0.1) is 6.92 Å². The highest BCUT2D eigenvalue weighted by Gasteiger charge is 2.24. The number of hydrogen-bond donors (Lipinski definition) is 0. The highest BCUT2D eigenvalue weighted by atomic mass is 32.3. The number of hydrogen-bond acceptors (Lipinski definition) is 7. The third-order valence-corrected chi connectivity index (χ3v) is 6.71. The molecule has 1 aliphatic heterocycles. The molecule has 0 amide bonds. The van der Waals surface area contributed by atoms with Crippen molar-refractivity contribution < 1.29 is 20.5 Å². The summed E-state index contributed by atoms with van der Waals surface area (Å²) in [6.07, 6.45) is 4.84. The molecule has 2 rings (SSSR count). The zero-order chi connectivity index (χ0) is 17.8. The molecule has 0 unspecified atom stereocenters. The van der Waals surface area contributed by atoms with Crippen LogP contribution in [-0.4, -0.2) is 52.6 Å². The van der Waals surface area contributed by atoms with Gasteiger partial charge in [0, 0.05) is 26.0 Å². The lowest BCUT2D eigenvalue weighted by Crippen LogP contribution is -2.24. The molecule has 0 aliphatic carbocycles. The van der Waals surface area contributed by atoms with Crippen molar-refractivity contribution in [2.24, 2.45) is 0 Å². The van der Waals surface area contributed by atoms with Gasteiger partial charge in [0.2, 0.25) is 0 Å². The molecule has 0 bridgehead atoms. The molecule has 0 aromatic heterocycles. The lowest BCUT2D eigenvalue weighted by Gasteiger charge is -2.17. The Morgan fingerprint density at radius 1 is 1.04 bits per heavy atom. The summed E-state index contributed by atoms with van der Waals surface area (Å²) < 4.78 is 52.3. The zero-order valence-corrected chi connectivity index (χ0v) is 15.4. The average Bonchev–Trinajstić information content (AvgIpc) is 2.89. The molecule has 1 heterocycles. The number of aryl methyl sites for hydroxylation is 1. The van der Waals surface area contributed by atoms with Crippen LogP contribution in [0.4, 0.5) is 0 Å². The van der Waals surface area contributed by atoms with Crippen molar-refractivity contribution in [3.63, 3.8) is 0 Å². The number of benzene rings is 1. The summed E-state index contributed by atoms with van der Waals surface area (Å²) >= 11 is 0. The maximum atomic E-state index is 12.0. The van der Waals surface area contributed by atoms with Crippen LogP contribution in [0.25, 0.3) is 0 Å². The van der Waals surface area contributed by atoms with Gasteiger partial charge in [-0.15, -0.1) is 3.63 Å². The highest BCUT2D eigenvalue weighted by Crippen LogP contribution is 2.16. The molecule has 134 valence electrons. The molecule has 9 heteroatoms. The molecule has 1 aromatic carbocycles. The van der Waals surface area contributed by atoms with E-state index in [2.05, 4.69) is 8.53 Å². The van der Waals surface area contributed by atoms with Gasteiger partial charge < -0.3 is 9.80 Å². The van der Waals surface area contributed by atoms with Gasteiger partial charge in [0.05, 0.1) is 17.3 Å². The fourth-order valence-corrected chi connectivity index (χ4v) is 4.95. The number of nitrogens with zero attached hydrogens (tertiary/aromatic N) is 2. The summed E-state index contributed by atoms with van der Waals surface area (Å²) in [6.45, 7) is 3.29. The van der Waals surface area contributed by atoms with Crippen molar-refractivity contribution in [2.45, 2.75) is 24.7 Å². The zero-order valence-electron chi connectivity index (χ0n) is 13.8. The molecule has 0 saturated carbocycles. The van der Waals surface area contributed by atoms with E-state index in [-0.39, 0.29) is 10.6 Å². The van der Waals surface area contributed by atoms with E-state index in [9.17, 15) is 16.8 Å². The first-order chi connectivity index (χ1) is 11.2. The smallest absolute Gasteiger partial charge is 0.311 e. The third-order valence-electron chi connectivity index (χ3n) is 3.53. The lowest BCUT2D eigenvalue weighted by atomic mass is 10.2. The quantitative estimate of drug-likeness (QED) is 0.637. The van der Waals surface area contributed by atoms with Gasteiger partial charge >= 0.3 is 10.1 Å². The van der Waals surface area contributed by atoms with Crippen molar-refractivity contribution in [2.75, 3.05) is 26.0 Å². The van der Waals surface area contributed by atoms with Crippen LogP contribution >= 0.6 is 0 Å². The molecule has 0 radical (unpaired) electrons. The third kappa shape index (κ3) is 5.50. The molecule has 1 aromatic rings. The van der Waals surface area contributed by atoms with E-state index < -0.39 is 20.2 Å². The number of rotatable bonds is 8. The molecule has 0 atom stereocenters. The van der Waals surface area contributed by atoms with E-state index in [0.717, 1.165) is 12.2 Å². The van der Waals surface area contributed by atoms with Crippen LogP contribution in [0.1, 0.15) is 18.4 Å². The Balaban J connectivity index is 1.84. The van der Waals surface area contributed by atoms with E-state index >= 15 is 0 Å². The molecule has 1 aliphatic rings. The van der Waals surface area contributed by atoms with Crippen LogP contribution < -0.4 is 0 Å². The minimum Gasteiger partial charge on any atom is -0.362 e. The maximum Gasteiger partial charge on any atom is 0.311 e. The van der Waals surface area contributed by atoms with Gasteiger partial charge in [-0.25, -0.2) is 0 Å². The first kappa shape index (κ1) is 18.8. The largest absolute Gasteiger partial charge is 0.362 e. The van der Waals surface area contributed by atoms with Crippen molar-refractivity contribution in [3.05, 3.63) is 42.2 Å². The highest BCUT2D eigenvalue weighted by molar-refractivity contribution is 7.99. The SMILES string of the molecule is Cc1ccc(S(=O)(=O)OS(=O)(=O)CCCCN2C=CN(C)C2)cc1. The van der Waals surface area contributed by atoms with Crippen LogP contribution in [0.2, 0.25) is 0 Å². The average molecular weight is 374 g/mol. The first-order valence-electron chi connectivity index (χ1n) is 7.56. The van der Waals surface area contributed by atoms with Gasteiger partial charge in [0.15, 0.2) is 0 Å². The maximum absolute atomic E-state index is 12.0. The summed E-state index contributed by atoms with van der Waals surface area (Å²) in [5.41, 5.74) is 0.874. The Morgan fingerprint density at radius 2 is 1.71 bits per heavy atom. The van der Waals surface area contributed by atoms with E-state index in [1.165, 1.54) is 12.1 Å². The van der Waals surface area contributed by atoms with Crippen LogP contribution in [0.5, 0.6) is 0 Å². The first-order valence-corrected chi connectivity index (χ1v) is 10.5. The van der Waals surface area contributed by atoms with Crippen molar-refractivity contribution in [1.82, 2.24) is 9.80 Å². The number of unbranched alkanes of at least 4 members (excludes halogenated alkanes) is 1. The monoisotopic (exact) mass is 374 g/mol. The Labute approximate surface area is 143 Å². The second-order valence-corrected chi connectivity index (χ2v) is 9.26. The fraction of sp³-hybridized carbons (Fsp3) is 0.467. The molecular weight excluding hydrogens is 352 g/mol. The molecule has 0 saturated heterocycles. The minimum atomic E-state index is -4.31. The molecule has 0 fully saturated rings. The normalized spacial score (nSPS) is 15.2. The fourth-order valence-electron chi connectivity index (χ4n) is 2.24. The Morgan fingerprint density at radius 3 is 2.29 bits per heavy atom. The second kappa shape index (κ2) is 7.54. The summed E-state index contributed by atoms with van der Waals surface area (Å²) in [5.74, 6) is -0.328. The van der Waals surface area contributed by atoms with E-state index in [4.69, 9.17) is 0 Å². The lowest BCUT2D eigenvalue weighted by molar-refractivity contribution is 0.293. The van der Waals surface area contributed by atoms with Crippen molar-refractivity contribution in [3.8, 4) is 0 Å². The Kier molecular flexibility index (Phi) is 5.89. The van der Waals surface area contributed by atoms with E-state index in [0.29, 0.717) is 19.4 Å². The van der Waals surface area contributed by atoms with Crippen LogP contribution in [0.15, 0.2) is 41.6 Å². The van der Waals surface area contributed by atoms with Gasteiger partial charge in [-0.1, -0.05) is 17.7 Å². The summed E-state index contributed by atoms with van der Waals surface area (Å²) in [6, 6.07) is 5.83. The molecule has 7 nitrogen and oxygen atoms in total. The van der Waals surface area contributed by atoms with E-state index in [1.807, 2.05) is 24.3 Å². The van der Waals surface area contributed by atoms with Crippen LogP contribution in [0.3, 0.4) is 0 Å². The molecule has 0 N–H and O–H groups in total. The van der Waals surface area contributed by atoms with Gasteiger partial charge in [0.1, 0.15) is 0 Å².